The van der Waals surface area contributed by atoms with Crippen LogP contribution in [-0.4, -0.2) is 0 Å². The molecule has 2 saturated carbocycles. The lowest BCUT2D eigenvalue weighted by Gasteiger charge is -2.19. The van der Waals surface area contributed by atoms with Crippen molar-refractivity contribution in [3.8, 4) is 0 Å². The minimum Gasteiger partial charge on any atom is -0.271 e. The monoisotopic (exact) mass is 298 g/mol. The zero-order valence-electron chi connectivity index (χ0n) is 9.50. The van der Waals surface area contributed by atoms with Gasteiger partial charge in [0.1, 0.15) is 5.82 Å². The first kappa shape index (κ1) is 11.6. The summed E-state index contributed by atoms with van der Waals surface area (Å²) in [4.78, 5) is 0. The van der Waals surface area contributed by atoms with Gasteiger partial charge in [-0.05, 0) is 48.8 Å². The van der Waals surface area contributed by atoms with Gasteiger partial charge in [-0.15, -0.1) is 0 Å². The summed E-state index contributed by atoms with van der Waals surface area (Å²) in [5.41, 5.74) is 3.51. The Morgan fingerprint density at radius 1 is 1.35 bits per heavy atom. The molecule has 1 aromatic rings. The third kappa shape index (κ3) is 1.92. The highest BCUT2D eigenvalue weighted by atomic mass is 79.9. The van der Waals surface area contributed by atoms with Gasteiger partial charge in [-0.25, -0.2) is 4.39 Å². The molecule has 2 aliphatic rings. The highest BCUT2D eigenvalue weighted by molar-refractivity contribution is 9.10. The van der Waals surface area contributed by atoms with Crippen LogP contribution in [0.5, 0.6) is 0 Å². The molecule has 4 heteroatoms. The molecule has 0 aliphatic heterocycles. The van der Waals surface area contributed by atoms with E-state index < -0.39 is 0 Å². The van der Waals surface area contributed by atoms with E-state index in [0.717, 1.165) is 16.3 Å². The van der Waals surface area contributed by atoms with Crippen molar-refractivity contribution in [1.29, 1.82) is 0 Å². The van der Waals surface area contributed by atoms with Crippen molar-refractivity contribution in [2.24, 2.45) is 23.6 Å². The van der Waals surface area contributed by atoms with Crippen LogP contribution >= 0.6 is 15.9 Å². The van der Waals surface area contributed by atoms with Crippen molar-refractivity contribution in [1.82, 2.24) is 5.43 Å². The number of hydrogen-bond acceptors (Lipinski definition) is 2. The van der Waals surface area contributed by atoms with Crippen LogP contribution < -0.4 is 11.3 Å². The van der Waals surface area contributed by atoms with E-state index >= 15 is 0 Å². The lowest BCUT2D eigenvalue weighted by molar-refractivity contribution is 0.410. The molecule has 0 spiro atoms. The van der Waals surface area contributed by atoms with Crippen LogP contribution in [0.4, 0.5) is 4.39 Å². The molecule has 3 N–H and O–H groups in total. The third-order valence-corrected chi connectivity index (χ3v) is 4.82. The summed E-state index contributed by atoms with van der Waals surface area (Å²) in [6, 6.07) is 5.03. The molecule has 92 valence electrons. The standard InChI is InChI=1S/C13H16BrFN2/c14-7-4-5-11(15)10(6-7)13(17-16)12-8-2-1-3-9(8)12/h4-6,8-9,12-13,17H,1-3,16H2. The van der Waals surface area contributed by atoms with Crippen LogP contribution in [0.25, 0.3) is 0 Å². The molecule has 0 heterocycles. The van der Waals surface area contributed by atoms with Gasteiger partial charge < -0.3 is 0 Å². The van der Waals surface area contributed by atoms with Gasteiger partial charge in [-0.2, -0.15) is 0 Å². The second-order valence-electron chi connectivity index (χ2n) is 5.15. The summed E-state index contributed by atoms with van der Waals surface area (Å²) >= 11 is 3.39. The van der Waals surface area contributed by atoms with Gasteiger partial charge >= 0.3 is 0 Å². The van der Waals surface area contributed by atoms with E-state index in [0.29, 0.717) is 11.5 Å². The van der Waals surface area contributed by atoms with Crippen molar-refractivity contribution in [3.05, 3.63) is 34.1 Å². The predicted molar refractivity (Wildman–Crippen MR) is 68.5 cm³/mol. The van der Waals surface area contributed by atoms with Gasteiger partial charge in [0.05, 0.1) is 6.04 Å². The summed E-state index contributed by atoms with van der Waals surface area (Å²) in [6.07, 6.45) is 3.89. The minimum absolute atomic E-state index is 0.0391. The fraction of sp³-hybridized carbons (Fsp3) is 0.538. The molecule has 1 aromatic carbocycles. The summed E-state index contributed by atoms with van der Waals surface area (Å²) in [5.74, 6) is 7.51. The number of rotatable bonds is 3. The van der Waals surface area contributed by atoms with E-state index in [1.54, 1.807) is 6.07 Å². The van der Waals surface area contributed by atoms with Crippen LogP contribution in [0.3, 0.4) is 0 Å². The molecule has 3 unspecified atom stereocenters. The first-order valence-corrected chi connectivity index (χ1v) is 6.92. The molecule has 2 fully saturated rings. The zero-order chi connectivity index (χ0) is 12.0. The maximum absolute atomic E-state index is 13.9. The summed E-state index contributed by atoms with van der Waals surface area (Å²) in [7, 11) is 0. The van der Waals surface area contributed by atoms with Gasteiger partial charge in [-0.1, -0.05) is 22.4 Å². The smallest absolute Gasteiger partial charge is 0.128 e. The first-order chi connectivity index (χ1) is 8.22. The summed E-state index contributed by atoms with van der Waals surface area (Å²) in [6.45, 7) is 0. The van der Waals surface area contributed by atoms with Crippen LogP contribution in [0.2, 0.25) is 0 Å². The topological polar surface area (TPSA) is 38.0 Å². The molecule has 3 rings (SSSR count). The van der Waals surface area contributed by atoms with Gasteiger partial charge in [0.15, 0.2) is 0 Å². The molecular formula is C13H16BrFN2. The maximum atomic E-state index is 13.9. The van der Waals surface area contributed by atoms with Crippen LogP contribution in [0.15, 0.2) is 22.7 Å². The number of hydrogen-bond donors (Lipinski definition) is 2. The molecule has 0 radical (unpaired) electrons. The number of nitrogens with two attached hydrogens (primary N) is 1. The molecule has 0 aromatic heterocycles. The molecule has 0 amide bonds. The van der Waals surface area contributed by atoms with Crippen LogP contribution in [0, 0.1) is 23.6 Å². The normalized spacial score (nSPS) is 32.3. The van der Waals surface area contributed by atoms with Crippen molar-refractivity contribution < 1.29 is 4.39 Å². The molecule has 2 nitrogen and oxygen atoms in total. The third-order valence-electron chi connectivity index (χ3n) is 4.33. The summed E-state index contributed by atoms with van der Waals surface area (Å²) < 4.78 is 14.8. The average Bonchev–Trinajstić information content (AvgIpc) is 2.79. The predicted octanol–water partition coefficient (Wildman–Crippen LogP) is 3.14. The van der Waals surface area contributed by atoms with E-state index in [1.165, 1.54) is 25.3 Å². The number of hydrazine groups is 1. The largest absolute Gasteiger partial charge is 0.271 e. The average molecular weight is 299 g/mol. The Balaban J connectivity index is 1.88. The van der Waals surface area contributed by atoms with Gasteiger partial charge in [-0.3, -0.25) is 11.3 Å². The second kappa shape index (κ2) is 4.34. The Morgan fingerprint density at radius 2 is 2.06 bits per heavy atom. The van der Waals surface area contributed by atoms with Gasteiger partial charge in [0.2, 0.25) is 0 Å². The van der Waals surface area contributed by atoms with Crippen molar-refractivity contribution in [3.63, 3.8) is 0 Å². The molecule has 0 saturated heterocycles. The Morgan fingerprint density at radius 3 is 2.71 bits per heavy atom. The number of fused-ring (bicyclic) bond motifs is 1. The molecule has 2 aliphatic carbocycles. The molecular weight excluding hydrogens is 283 g/mol. The highest BCUT2D eigenvalue weighted by Crippen LogP contribution is 2.62. The summed E-state index contributed by atoms with van der Waals surface area (Å²) in [5, 5.41) is 0. The lowest BCUT2D eigenvalue weighted by atomic mass is 9.97. The van der Waals surface area contributed by atoms with E-state index in [9.17, 15) is 4.39 Å². The van der Waals surface area contributed by atoms with Gasteiger partial charge in [0.25, 0.3) is 0 Å². The number of halogens is 2. The fourth-order valence-electron chi connectivity index (χ4n) is 3.53. The Bertz CT molecular complexity index is 427. The molecule has 0 bridgehead atoms. The number of benzene rings is 1. The molecule has 3 atom stereocenters. The van der Waals surface area contributed by atoms with E-state index in [4.69, 9.17) is 5.84 Å². The van der Waals surface area contributed by atoms with Crippen molar-refractivity contribution in [2.75, 3.05) is 0 Å². The maximum Gasteiger partial charge on any atom is 0.128 e. The zero-order valence-corrected chi connectivity index (χ0v) is 11.1. The first-order valence-electron chi connectivity index (χ1n) is 6.13. The highest BCUT2D eigenvalue weighted by Gasteiger charge is 2.56. The molecule has 17 heavy (non-hydrogen) atoms. The minimum atomic E-state index is -0.166. The fourth-order valence-corrected chi connectivity index (χ4v) is 3.91. The van der Waals surface area contributed by atoms with E-state index in [1.807, 2.05) is 6.07 Å². The van der Waals surface area contributed by atoms with Crippen LogP contribution in [0.1, 0.15) is 30.9 Å². The SMILES string of the molecule is NNC(c1cc(Br)ccc1F)C1C2CCCC21. The van der Waals surface area contributed by atoms with Crippen molar-refractivity contribution >= 4 is 15.9 Å². The van der Waals surface area contributed by atoms with Crippen molar-refractivity contribution in [2.45, 2.75) is 25.3 Å². The second-order valence-corrected chi connectivity index (χ2v) is 6.06. The Hall–Kier alpha value is -0.450. The van der Waals surface area contributed by atoms with Crippen LogP contribution in [-0.2, 0) is 0 Å². The quantitative estimate of drug-likeness (QED) is 0.665. The van der Waals surface area contributed by atoms with Gasteiger partial charge in [0, 0.05) is 10.0 Å². The van der Waals surface area contributed by atoms with E-state index in [2.05, 4.69) is 21.4 Å². The lowest BCUT2D eigenvalue weighted by Crippen LogP contribution is -2.31. The van der Waals surface area contributed by atoms with E-state index in [-0.39, 0.29) is 11.9 Å². The Kier molecular flexibility index (Phi) is 2.97. The Labute approximate surface area is 109 Å². The number of nitrogens with one attached hydrogen (secondary N) is 1.